The van der Waals surface area contributed by atoms with Crippen LogP contribution in [-0.2, 0) is 4.79 Å². The van der Waals surface area contributed by atoms with Crippen molar-refractivity contribution in [2.45, 2.75) is 25.7 Å². The van der Waals surface area contributed by atoms with Crippen LogP contribution in [0.5, 0.6) is 5.75 Å². The number of carbonyl (C=O) groups is 2. The summed E-state index contributed by atoms with van der Waals surface area (Å²) in [6.07, 6.45) is 1.55. The molecule has 2 aromatic carbocycles. The molecule has 2 aliphatic rings. The second-order valence-electron chi connectivity index (χ2n) is 7.56. The Hall–Kier alpha value is -3.17. The smallest absolute Gasteiger partial charge is 0.317 e. The van der Waals surface area contributed by atoms with Gasteiger partial charge in [0, 0.05) is 28.3 Å². The molecule has 4 rings (SSSR count). The highest BCUT2D eigenvalue weighted by atomic mass is 79.9. The molecule has 1 unspecified atom stereocenters. The van der Waals surface area contributed by atoms with Gasteiger partial charge in [0.05, 0.1) is 15.0 Å². The minimum atomic E-state index is -1.40. The zero-order valence-corrected chi connectivity index (χ0v) is 19.7. The van der Waals surface area contributed by atoms with Gasteiger partial charge in [0.1, 0.15) is 17.4 Å². The number of ether oxygens (including phenoxy) is 1. The summed E-state index contributed by atoms with van der Waals surface area (Å²) in [4.78, 5) is 37.6. The second kappa shape index (κ2) is 8.99. The molecular weight excluding hydrogens is 516 g/mol. The number of allylic oxidation sites excluding steroid dienone is 1. The number of benzene rings is 2. The Balaban J connectivity index is 2.03. The van der Waals surface area contributed by atoms with Crippen molar-refractivity contribution in [3.05, 3.63) is 89.9 Å². The number of hydrogen-bond acceptors (Lipinski definition) is 7. The average molecular weight is 534 g/mol. The van der Waals surface area contributed by atoms with E-state index in [0.29, 0.717) is 11.0 Å². The van der Waals surface area contributed by atoms with Crippen LogP contribution in [0.2, 0.25) is 5.02 Å². The molecule has 0 spiro atoms. The quantitative estimate of drug-likeness (QED) is 0.228. The molecule has 170 valence electrons. The third kappa shape index (κ3) is 3.91. The number of ketones is 2. The standard InChI is InChI=1S/C23H18BrClN2O6/c1-2-3-8-26-23-18(27(31)32)16(14-9-11(25)10-15(24)22(14)33-23)17-19(28)12-6-4-5-7-13(12)20(29)21(17)30/h4-7,9-10,16,26,28H,2-3,8H2,1H3. The maximum Gasteiger partial charge on any atom is 0.317 e. The zero-order valence-electron chi connectivity index (χ0n) is 17.4. The van der Waals surface area contributed by atoms with Gasteiger partial charge in [-0.1, -0.05) is 49.2 Å². The molecule has 33 heavy (non-hydrogen) atoms. The van der Waals surface area contributed by atoms with Gasteiger partial charge >= 0.3 is 5.70 Å². The Labute approximate surface area is 202 Å². The Morgan fingerprint density at radius 1 is 1.21 bits per heavy atom. The number of aliphatic hydroxyl groups is 1. The van der Waals surface area contributed by atoms with Crippen LogP contribution in [0, 0.1) is 10.1 Å². The highest BCUT2D eigenvalue weighted by Crippen LogP contribution is 2.49. The summed E-state index contributed by atoms with van der Waals surface area (Å²) >= 11 is 9.58. The van der Waals surface area contributed by atoms with Gasteiger partial charge in [0.2, 0.25) is 11.6 Å². The molecule has 0 radical (unpaired) electrons. The molecule has 1 aliphatic heterocycles. The van der Waals surface area contributed by atoms with E-state index in [4.69, 9.17) is 16.3 Å². The van der Waals surface area contributed by atoms with E-state index >= 15 is 0 Å². The molecule has 1 heterocycles. The molecule has 0 saturated heterocycles. The maximum atomic E-state index is 13.2. The van der Waals surface area contributed by atoms with Crippen LogP contribution in [0.4, 0.5) is 0 Å². The van der Waals surface area contributed by atoms with E-state index in [1.807, 2.05) is 6.92 Å². The number of nitrogens with zero attached hydrogens (tertiary/aromatic N) is 1. The number of rotatable bonds is 6. The third-order valence-corrected chi connectivity index (χ3v) is 6.30. The average Bonchev–Trinajstić information content (AvgIpc) is 2.78. The molecule has 0 bridgehead atoms. The van der Waals surface area contributed by atoms with Crippen molar-refractivity contribution >= 4 is 44.9 Å². The molecule has 2 N–H and O–H groups in total. The number of fused-ring (bicyclic) bond motifs is 2. The lowest BCUT2D eigenvalue weighted by Crippen LogP contribution is -2.35. The van der Waals surface area contributed by atoms with E-state index in [2.05, 4.69) is 21.2 Å². The van der Waals surface area contributed by atoms with Gasteiger partial charge in [-0.25, -0.2) is 0 Å². The predicted octanol–water partition coefficient (Wildman–Crippen LogP) is 5.15. The van der Waals surface area contributed by atoms with Crippen molar-refractivity contribution < 1.29 is 24.4 Å². The maximum absolute atomic E-state index is 13.2. The number of hydrogen-bond donors (Lipinski definition) is 2. The molecule has 2 aromatic rings. The highest BCUT2D eigenvalue weighted by Gasteiger charge is 2.48. The van der Waals surface area contributed by atoms with Crippen LogP contribution in [0.25, 0.3) is 5.76 Å². The fraction of sp³-hybridized carbons (Fsp3) is 0.217. The lowest BCUT2D eigenvalue weighted by Gasteiger charge is -2.29. The number of nitrogens with one attached hydrogen (secondary N) is 1. The van der Waals surface area contributed by atoms with E-state index in [1.54, 1.807) is 18.2 Å². The summed E-state index contributed by atoms with van der Waals surface area (Å²) in [5, 5.41) is 26.5. The summed E-state index contributed by atoms with van der Waals surface area (Å²) in [6.45, 7) is 2.35. The normalized spacial score (nSPS) is 17.5. The fourth-order valence-corrected chi connectivity index (χ4v) is 4.89. The van der Waals surface area contributed by atoms with Crippen LogP contribution >= 0.6 is 27.5 Å². The van der Waals surface area contributed by atoms with Crippen molar-refractivity contribution in [2.24, 2.45) is 0 Å². The van der Waals surface area contributed by atoms with Gasteiger partial charge in [0.15, 0.2) is 0 Å². The van der Waals surface area contributed by atoms with Gasteiger partial charge in [0.25, 0.3) is 5.88 Å². The summed E-state index contributed by atoms with van der Waals surface area (Å²) in [5.41, 5.74) is -0.524. The van der Waals surface area contributed by atoms with Gasteiger partial charge in [-0.2, -0.15) is 0 Å². The molecule has 1 atom stereocenters. The van der Waals surface area contributed by atoms with Gasteiger partial charge in [-0.05, 0) is 34.5 Å². The van der Waals surface area contributed by atoms with Crippen molar-refractivity contribution in [1.82, 2.24) is 5.32 Å². The number of unbranched alkanes of at least 4 members (excludes halogenated alkanes) is 1. The first kappa shape index (κ1) is 23.0. The minimum absolute atomic E-state index is 0.0382. The Morgan fingerprint density at radius 3 is 2.58 bits per heavy atom. The van der Waals surface area contributed by atoms with Gasteiger partial charge < -0.3 is 15.2 Å². The third-order valence-electron chi connectivity index (χ3n) is 5.49. The number of Topliss-reactive ketones (excluding diaryl/α,β-unsaturated/α-hetero) is 2. The molecule has 1 aliphatic carbocycles. The number of nitro groups is 1. The number of halogens is 2. The summed E-state index contributed by atoms with van der Waals surface area (Å²) in [7, 11) is 0. The first-order chi connectivity index (χ1) is 15.8. The Kier molecular flexibility index (Phi) is 6.27. The Morgan fingerprint density at radius 2 is 1.91 bits per heavy atom. The topological polar surface area (TPSA) is 119 Å². The predicted molar refractivity (Wildman–Crippen MR) is 125 cm³/mol. The van der Waals surface area contributed by atoms with Crippen molar-refractivity contribution in [1.29, 1.82) is 0 Å². The van der Waals surface area contributed by atoms with Crippen molar-refractivity contribution in [3.63, 3.8) is 0 Å². The molecule has 8 nitrogen and oxygen atoms in total. The van der Waals surface area contributed by atoms with E-state index in [-0.39, 0.29) is 38.9 Å². The molecule has 0 saturated carbocycles. The zero-order chi connectivity index (χ0) is 23.9. The summed E-state index contributed by atoms with van der Waals surface area (Å²) in [6, 6.07) is 9.06. The lowest BCUT2D eigenvalue weighted by atomic mass is 9.77. The van der Waals surface area contributed by atoms with Crippen molar-refractivity contribution in [2.75, 3.05) is 6.54 Å². The van der Waals surface area contributed by atoms with E-state index in [9.17, 15) is 24.8 Å². The molecule has 0 aromatic heterocycles. The lowest BCUT2D eigenvalue weighted by molar-refractivity contribution is -0.433. The monoisotopic (exact) mass is 532 g/mol. The summed E-state index contributed by atoms with van der Waals surface area (Å²) in [5.74, 6) is -3.71. The van der Waals surface area contributed by atoms with Crippen LogP contribution < -0.4 is 10.1 Å². The second-order valence-corrected chi connectivity index (χ2v) is 8.85. The number of aliphatic hydroxyl groups excluding tert-OH is 1. The molecule has 0 fully saturated rings. The first-order valence-electron chi connectivity index (χ1n) is 10.2. The summed E-state index contributed by atoms with van der Waals surface area (Å²) < 4.78 is 6.25. The molecular formula is C23H18BrClN2O6. The minimum Gasteiger partial charge on any atom is -0.507 e. The van der Waals surface area contributed by atoms with Gasteiger partial charge in [-0.15, -0.1) is 0 Å². The van der Waals surface area contributed by atoms with Crippen LogP contribution in [0.15, 0.2) is 58.0 Å². The van der Waals surface area contributed by atoms with Crippen LogP contribution in [0.1, 0.15) is 47.2 Å². The fourth-order valence-electron chi connectivity index (χ4n) is 3.97. The SMILES string of the molecule is CCCCNC1=C([N+](=O)[O-])C(C2=C(O)c3ccccc3C(=O)C2=O)c2cc(Cl)cc(Br)c2O1. The van der Waals surface area contributed by atoms with Gasteiger partial charge in [-0.3, -0.25) is 19.7 Å². The van der Waals surface area contributed by atoms with Crippen molar-refractivity contribution in [3.8, 4) is 5.75 Å². The first-order valence-corrected chi connectivity index (χ1v) is 11.3. The molecule has 10 heteroatoms. The molecule has 0 amide bonds. The largest absolute Gasteiger partial charge is 0.507 e. The van der Waals surface area contributed by atoms with Crippen LogP contribution in [0.3, 0.4) is 0 Å². The number of carbonyl (C=O) groups excluding carboxylic acids is 2. The highest BCUT2D eigenvalue weighted by molar-refractivity contribution is 9.10. The van der Waals surface area contributed by atoms with E-state index in [1.165, 1.54) is 18.2 Å². The van der Waals surface area contributed by atoms with Crippen LogP contribution in [-0.4, -0.2) is 28.1 Å². The van der Waals surface area contributed by atoms with E-state index in [0.717, 1.165) is 12.8 Å². The Bertz CT molecular complexity index is 1270. The van der Waals surface area contributed by atoms with E-state index < -0.39 is 33.9 Å².